The molecule has 0 saturated carbocycles. The number of hydrogen-bond acceptors (Lipinski definition) is 3. The second-order valence-electron chi connectivity index (χ2n) is 3.52. The van der Waals surface area contributed by atoms with Gasteiger partial charge in [-0.25, -0.2) is 0 Å². The molecule has 1 aromatic rings. The molecule has 1 aromatic carbocycles. The number of para-hydroxylation sites is 1. The molecule has 0 radical (unpaired) electrons. The van der Waals surface area contributed by atoms with Crippen LogP contribution in [0, 0.1) is 0 Å². The Morgan fingerprint density at radius 2 is 2.21 bits per heavy atom. The van der Waals surface area contributed by atoms with E-state index in [4.69, 9.17) is 4.74 Å². The number of nitrogens with zero attached hydrogens (tertiary/aromatic N) is 1. The van der Waals surface area contributed by atoms with E-state index < -0.39 is 0 Å². The first kappa shape index (κ1) is 9.06. The smallest absolute Gasteiger partial charge is 0.315 e. The molecule has 0 fully saturated rings. The van der Waals surface area contributed by atoms with Gasteiger partial charge in [-0.2, -0.15) is 0 Å². The number of carbonyl (C=O) groups is 1. The molecule has 1 aliphatic heterocycles. The third-order valence-electron chi connectivity index (χ3n) is 2.67. The SMILES string of the molecule is COC(=O)C1CN(C)c2ccccc21. The highest BCUT2D eigenvalue weighted by molar-refractivity contribution is 5.84. The molecule has 0 N–H and O–H groups in total. The largest absolute Gasteiger partial charge is 0.468 e. The molecule has 0 bridgehead atoms. The minimum atomic E-state index is -0.151. The second kappa shape index (κ2) is 3.33. The molecule has 1 heterocycles. The highest BCUT2D eigenvalue weighted by atomic mass is 16.5. The molecule has 0 spiro atoms. The zero-order valence-electron chi connectivity index (χ0n) is 8.36. The van der Waals surface area contributed by atoms with Crippen LogP contribution in [0.2, 0.25) is 0 Å². The van der Waals surface area contributed by atoms with Gasteiger partial charge >= 0.3 is 5.97 Å². The lowest BCUT2D eigenvalue weighted by Crippen LogP contribution is -2.21. The molecule has 1 aliphatic rings. The Kier molecular flexibility index (Phi) is 2.15. The van der Waals surface area contributed by atoms with Crippen molar-refractivity contribution in [1.82, 2.24) is 0 Å². The maximum Gasteiger partial charge on any atom is 0.315 e. The van der Waals surface area contributed by atoms with E-state index in [-0.39, 0.29) is 11.9 Å². The first-order chi connectivity index (χ1) is 6.74. The van der Waals surface area contributed by atoms with E-state index in [9.17, 15) is 4.79 Å². The van der Waals surface area contributed by atoms with Gasteiger partial charge in [0.25, 0.3) is 0 Å². The van der Waals surface area contributed by atoms with Crippen LogP contribution in [0.25, 0.3) is 0 Å². The number of ether oxygens (including phenoxy) is 1. The van der Waals surface area contributed by atoms with Crippen LogP contribution in [0.1, 0.15) is 11.5 Å². The topological polar surface area (TPSA) is 29.5 Å². The summed E-state index contributed by atoms with van der Waals surface area (Å²) in [6.45, 7) is 0.714. The molecule has 74 valence electrons. The van der Waals surface area contributed by atoms with Gasteiger partial charge in [0, 0.05) is 19.3 Å². The van der Waals surface area contributed by atoms with E-state index >= 15 is 0 Å². The molecule has 3 heteroatoms. The van der Waals surface area contributed by atoms with Gasteiger partial charge in [0.15, 0.2) is 0 Å². The minimum absolute atomic E-state index is 0.124. The third-order valence-corrected chi connectivity index (χ3v) is 2.67. The number of rotatable bonds is 1. The molecular formula is C11H13NO2. The Hall–Kier alpha value is -1.51. The van der Waals surface area contributed by atoms with Crippen molar-refractivity contribution in [1.29, 1.82) is 0 Å². The van der Waals surface area contributed by atoms with Crippen LogP contribution >= 0.6 is 0 Å². The third kappa shape index (κ3) is 1.25. The fraction of sp³-hybridized carbons (Fsp3) is 0.364. The van der Waals surface area contributed by atoms with E-state index in [1.54, 1.807) is 0 Å². The van der Waals surface area contributed by atoms with Gasteiger partial charge in [-0.3, -0.25) is 4.79 Å². The lowest BCUT2D eigenvalue weighted by molar-refractivity contribution is -0.142. The van der Waals surface area contributed by atoms with Crippen LogP contribution in [0.3, 0.4) is 0 Å². The number of likely N-dealkylation sites (N-methyl/N-ethyl adjacent to an activating group) is 1. The van der Waals surface area contributed by atoms with Crippen molar-refractivity contribution in [2.45, 2.75) is 5.92 Å². The highest BCUT2D eigenvalue weighted by Crippen LogP contribution is 2.35. The number of carbonyl (C=O) groups excluding carboxylic acids is 1. The number of benzene rings is 1. The molecule has 2 rings (SSSR count). The van der Waals surface area contributed by atoms with Gasteiger partial charge in [0.2, 0.25) is 0 Å². The van der Waals surface area contributed by atoms with Crippen molar-refractivity contribution in [3.8, 4) is 0 Å². The number of fused-ring (bicyclic) bond motifs is 1. The molecule has 14 heavy (non-hydrogen) atoms. The first-order valence-corrected chi connectivity index (χ1v) is 4.62. The molecule has 0 saturated heterocycles. The summed E-state index contributed by atoms with van der Waals surface area (Å²) in [7, 11) is 3.42. The predicted octanol–water partition coefficient (Wildman–Crippen LogP) is 1.39. The number of hydrogen-bond donors (Lipinski definition) is 0. The maximum absolute atomic E-state index is 11.5. The summed E-state index contributed by atoms with van der Waals surface area (Å²) in [5.74, 6) is -0.275. The van der Waals surface area contributed by atoms with E-state index in [0.29, 0.717) is 6.54 Å². The quantitative estimate of drug-likeness (QED) is 0.628. The van der Waals surface area contributed by atoms with Crippen LogP contribution in [-0.2, 0) is 9.53 Å². The number of esters is 1. The van der Waals surface area contributed by atoms with Crippen molar-refractivity contribution in [2.75, 3.05) is 25.6 Å². The number of methoxy groups -OCH3 is 1. The van der Waals surface area contributed by atoms with E-state index in [2.05, 4.69) is 4.90 Å². The Labute approximate surface area is 83.3 Å². The molecule has 1 unspecified atom stereocenters. The summed E-state index contributed by atoms with van der Waals surface area (Å²) in [6.07, 6.45) is 0. The van der Waals surface area contributed by atoms with Crippen LogP contribution in [0.4, 0.5) is 5.69 Å². The lowest BCUT2D eigenvalue weighted by Gasteiger charge is -2.11. The van der Waals surface area contributed by atoms with Crippen LogP contribution in [0.15, 0.2) is 24.3 Å². The normalized spacial score (nSPS) is 19.3. The van der Waals surface area contributed by atoms with Gasteiger partial charge in [-0.05, 0) is 11.6 Å². The van der Waals surface area contributed by atoms with Crippen molar-refractivity contribution < 1.29 is 9.53 Å². The Bertz CT molecular complexity index is 362. The summed E-state index contributed by atoms with van der Waals surface area (Å²) >= 11 is 0. The molecule has 0 aromatic heterocycles. The van der Waals surface area contributed by atoms with Crippen LogP contribution < -0.4 is 4.90 Å². The molecule has 3 nitrogen and oxygen atoms in total. The van der Waals surface area contributed by atoms with E-state index in [1.165, 1.54) is 7.11 Å². The van der Waals surface area contributed by atoms with Crippen LogP contribution in [-0.4, -0.2) is 26.7 Å². The minimum Gasteiger partial charge on any atom is -0.468 e. The molecule has 1 atom stereocenters. The van der Waals surface area contributed by atoms with Crippen molar-refractivity contribution in [2.24, 2.45) is 0 Å². The maximum atomic E-state index is 11.5. The summed E-state index contributed by atoms with van der Waals surface area (Å²) in [5, 5.41) is 0. The zero-order valence-corrected chi connectivity index (χ0v) is 8.36. The summed E-state index contributed by atoms with van der Waals surface area (Å²) < 4.78 is 4.77. The van der Waals surface area contributed by atoms with Crippen molar-refractivity contribution in [3.05, 3.63) is 29.8 Å². The van der Waals surface area contributed by atoms with Gasteiger partial charge in [0.05, 0.1) is 7.11 Å². The average Bonchev–Trinajstić information content (AvgIpc) is 2.56. The fourth-order valence-corrected chi connectivity index (χ4v) is 1.94. The second-order valence-corrected chi connectivity index (χ2v) is 3.52. The summed E-state index contributed by atoms with van der Waals surface area (Å²) in [6, 6.07) is 7.95. The monoisotopic (exact) mass is 191 g/mol. The standard InChI is InChI=1S/C11H13NO2/c1-12-7-9(11(13)14-2)8-5-3-4-6-10(8)12/h3-6,9H,7H2,1-2H3. The fourth-order valence-electron chi connectivity index (χ4n) is 1.94. The summed E-state index contributed by atoms with van der Waals surface area (Å²) in [5.41, 5.74) is 2.20. The van der Waals surface area contributed by atoms with Gasteiger partial charge in [-0.1, -0.05) is 18.2 Å². The first-order valence-electron chi connectivity index (χ1n) is 4.62. The lowest BCUT2D eigenvalue weighted by atomic mass is 10.0. The Morgan fingerprint density at radius 3 is 2.93 bits per heavy atom. The van der Waals surface area contributed by atoms with Crippen molar-refractivity contribution >= 4 is 11.7 Å². The van der Waals surface area contributed by atoms with E-state index in [1.807, 2.05) is 31.3 Å². The summed E-state index contributed by atoms with van der Waals surface area (Å²) in [4.78, 5) is 13.6. The molecule has 0 aliphatic carbocycles. The van der Waals surface area contributed by atoms with E-state index in [0.717, 1.165) is 11.3 Å². The Morgan fingerprint density at radius 1 is 1.50 bits per heavy atom. The predicted molar refractivity (Wildman–Crippen MR) is 54.5 cm³/mol. The molecular weight excluding hydrogens is 178 g/mol. The highest BCUT2D eigenvalue weighted by Gasteiger charge is 2.31. The van der Waals surface area contributed by atoms with Gasteiger partial charge < -0.3 is 9.64 Å². The van der Waals surface area contributed by atoms with Gasteiger partial charge in [0.1, 0.15) is 5.92 Å². The van der Waals surface area contributed by atoms with Crippen LogP contribution in [0.5, 0.6) is 0 Å². The average molecular weight is 191 g/mol. The molecule has 0 amide bonds. The Balaban J connectivity index is 2.39. The van der Waals surface area contributed by atoms with Gasteiger partial charge in [-0.15, -0.1) is 0 Å². The zero-order chi connectivity index (χ0) is 10.1. The number of anilines is 1. The van der Waals surface area contributed by atoms with Crippen molar-refractivity contribution in [3.63, 3.8) is 0 Å².